The van der Waals surface area contributed by atoms with Crippen molar-refractivity contribution in [3.8, 4) is 0 Å². The van der Waals surface area contributed by atoms with E-state index in [1.165, 1.54) is 9.56 Å². The molecule has 0 radical (unpaired) electrons. The highest BCUT2D eigenvalue weighted by molar-refractivity contribution is 7.09. The lowest BCUT2D eigenvalue weighted by atomic mass is 10.1. The van der Waals surface area contributed by atoms with E-state index in [1.54, 1.807) is 31.4 Å². The summed E-state index contributed by atoms with van der Waals surface area (Å²) in [5, 5.41) is 22.3. The van der Waals surface area contributed by atoms with Crippen LogP contribution in [0.2, 0.25) is 0 Å². The molecule has 0 aliphatic rings. The van der Waals surface area contributed by atoms with E-state index >= 15 is 0 Å². The first-order chi connectivity index (χ1) is 9.45. The second-order valence-corrected chi connectivity index (χ2v) is 6.07. The van der Waals surface area contributed by atoms with Crippen LogP contribution in [0.1, 0.15) is 24.4 Å². The Balaban J connectivity index is 1.78. The zero-order valence-electron chi connectivity index (χ0n) is 11.5. The van der Waals surface area contributed by atoms with Gasteiger partial charge in [-0.25, -0.2) is 4.68 Å². The van der Waals surface area contributed by atoms with Gasteiger partial charge in [-0.1, -0.05) is 11.3 Å². The number of aromatic nitrogens is 3. The van der Waals surface area contributed by atoms with Crippen molar-refractivity contribution in [1.82, 2.24) is 20.3 Å². The smallest absolute Gasteiger partial charge is 0.241 e. The lowest BCUT2D eigenvalue weighted by Crippen LogP contribution is -2.29. The van der Waals surface area contributed by atoms with E-state index in [4.69, 9.17) is 0 Å². The minimum absolute atomic E-state index is 0.105. The first-order valence-electron chi connectivity index (χ1n) is 6.37. The van der Waals surface area contributed by atoms with Crippen LogP contribution in [0.4, 0.5) is 0 Å². The summed E-state index contributed by atoms with van der Waals surface area (Å²) >= 11 is 1.68. The average molecular weight is 294 g/mol. The predicted octanol–water partition coefficient (Wildman–Crippen LogP) is 0.926. The number of nitrogens with one attached hydrogen (secondary N) is 1. The van der Waals surface area contributed by atoms with E-state index in [0.29, 0.717) is 12.2 Å². The van der Waals surface area contributed by atoms with Gasteiger partial charge >= 0.3 is 0 Å². The SMILES string of the molecule is CC(C)(O)c1cn(CC(=O)NCCc2cccs2)nn1. The van der Waals surface area contributed by atoms with Crippen molar-refractivity contribution in [2.75, 3.05) is 6.54 Å². The number of carbonyl (C=O) groups is 1. The second kappa shape index (κ2) is 6.15. The van der Waals surface area contributed by atoms with Crippen molar-refractivity contribution in [3.05, 3.63) is 34.3 Å². The number of carbonyl (C=O) groups excluding carboxylic acids is 1. The fourth-order valence-electron chi connectivity index (χ4n) is 1.64. The van der Waals surface area contributed by atoms with E-state index < -0.39 is 5.60 Å². The maximum atomic E-state index is 11.7. The number of thiophene rings is 1. The molecule has 0 bridgehead atoms. The van der Waals surface area contributed by atoms with Gasteiger partial charge in [0, 0.05) is 11.4 Å². The van der Waals surface area contributed by atoms with Gasteiger partial charge in [-0.2, -0.15) is 0 Å². The molecule has 0 saturated heterocycles. The summed E-state index contributed by atoms with van der Waals surface area (Å²) in [6.07, 6.45) is 2.41. The number of hydrogen-bond acceptors (Lipinski definition) is 5. The fraction of sp³-hybridized carbons (Fsp3) is 0.462. The van der Waals surface area contributed by atoms with E-state index in [1.807, 2.05) is 17.5 Å². The van der Waals surface area contributed by atoms with Crippen molar-refractivity contribution in [3.63, 3.8) is 0 Å². The molecule has 0 aromatic carbocycles. The van der Waals surface area contributed by atoms with Gasteiger partial charge in [0.1, 0.15) is 17.8 Å². The summed E-state index contributed by atoms with van der Waals surface area (Å²) in [6, 6.07) is 4.04. The van der Waals surface area contributed by atoms with Crippen LogP contribution in [0.3, 0.4) is 0 Å². The average Bonchev–Trinajstić information content (AvgIpc) is 2.98. The molecule has 7 heteroatoms. The Bertz CT molecular complexity index is 557. The van der Waals surface area contributed by atoms with E-state index in [2.05, 4.69) is 15.6 Å². The highest BCUT2D eigenvalue weighted by Gasteiger charge is 2.20. The Morgan fingerprint density at radius 1 is 1.55 bits per heavy atom. The highest BCUT2D eigenvalue weighted by atomic mass is 32.1. The zero-order chi connectivity index (χ0) is 14.6. The Morgan fingerprint density at radius 2 is 2.35 bits per heavy atom. The van der Waals surface area contributed by atoms with E-state index in [0.717, 1.165) is 6.42 Å². The molecule has 0 saturated carbocycles. The summed E-state index contributed by atoms with van der Waals surface area (Å²) in [6.45, 7) is 3.96. The summed E-state index contributed by atoms with van der Waals surface area (Å²) in [5.74, 6) is -0.117. The van der Waals surface area contributed by atoms with Gasteiger partial charge in [-0.15, -0.1) is 16.4 Å². The van der Waals surface area contributed by atoms with Gasteiger partial charge < -0.3 is 10.4 Å². The third-order valence-electron chi connectivity index (χ3n) is 2.74. The lowest BCUT2D eigenvalue weighted by Gasteiger charge is -2.11. The monoisotopic (exact) mass is 294 g/mol. The number of aliphatic hydroxyl groups is 1. The van der Waals surface area contributed by atoms with E-state index in [-0.39, 0.29) is 12.5 Å². The lowest BCUT2D eigenvalue weighted by molar-refractivity contribution is -0.121. The standard InChI is InChI=1S/C13H18N4O2S/c1-13(2,19)11-8-17(16-15-11)9-12(18)14-6-5-10-4-3-7-20-10/h3-4,7-8,19H,5-6,9H2,1-2H3,(H,14,18). The molecule has 6 nitrogen and oxygen atoms in total. The van der Waals surface area contributed by atoms with Crippen LogP contribution in [0.25, 0.3) is 0 Å². The Labute approximate surface area is 121 Å². The fourth-order valence-corrected chi connectivity index (χ4v) is 2.35. The molecule has 2 aromatic heterocycles. The largest absolute Gasteiger partial charge is 0.384 e. The summed E-state index contributed by atoms with van der Waals surface area (Å²) in [4.78, 5) is 13.0. The molecule has 20 heavy (non-hydrogen) atoms. The van der Waals surface area contributed by atoms with Gasteiger partial charge in [0.2, 0.25) is 5.91 Å². The molecular weight excluding hydrogens is 276 g/mol. The molecule has 0 atom stereocenters. The third-order valence-corrected chi connectivity index (χ3v) is 3.68. The van der Waals surface area contributed by atoms with Crippen molar-refractivity contribution in [1.29, 1.82) is 0 Å². The molecule has 1 amide bonds. The number of nitrogens with zero attached hydrogens (tertiary/aromatic N) is 3. The molecule has 108 valence electrons. The summed E-state index contributed by atoms with van der Waals surface area (Å²) < 4.78 is 1.42. The normalized spacial score (nSPS) is 11.6. The molecule has 0 aliphatic heterocycles. The predicted molar refractivity (Wildman–Crippen MR) is 76.3 cm³/mol. The Kier molecular flexibility index (Phi) is 4.51. The highest BCUT2D eigenvalue weighted by Crippen LogP contribution is 2.15. The van der Waals surface area contributed by atoms with Gasteiger partial charge in [-0.3, -0.25) is 4.79 Å². The molecule has 0 fully saturated rings. The van der Waals surface area contributed by atoms with Gasteiger partial charge in [0.15, 0.2) is 0 Å². The maximum Gasteiger partial charge on any atom is 0.241 e. The van der Waals surface area contributed by atoms with Crippen LogP contribution >= 0.6 is 11.3 Å². The quantitative estimate of drug-likeness (QED) is 0.830. The molecule has 2 N–H and O–H groups in total. The van der Waals surface area contributed by atoms with Gasteiger partial charge in [-0.05, 0) is 31.7 Å². The van der Waals surface area contributed by atoms with Crippen molar-refractivity contribution >= 4 is 17.2 Å². The third kappa shape index (κ3) is 4.14. The molecule has 2 rings (SSSR count). The van der Waals surface area contributed by atoms with Crippen molar-refractivity contribution in [2.45, 2.75) is 32.4 Å². The Hall–Kier alpha value is -1.73. The maximum absolute atomic E-state index is 11.7. The van der Waals surface area contributed by atoms with Crippen LogP contribution in [-0.4, -0.2) is 32.6 Å². The van der Waals surface area contributed by atoms with Crippen LogP contribution in [0.15, 0.2) is 23.7 Å². The van der Waals surface area contributed by atoms with Gasteiger partial charge in [0.05, 0.1) is 6.20 Å². The van der Waals surface area contributed by atoms with Crippen LogP contribution in [0, 0.1) is 0 Å². The molecular formula is C13H18N4O2S. The number of hydrogen-bond donors (Lipinski definition) is 2. The minimum atomic E-state index is -1.05. The first-order valence-corrected chi connectivity index (χ1v) is 7.25. The van der Waals surface area contributed by atoms with Gasteiger partial charge in [0.25, 0.3) is 0 Å². The Morgan fingerprint density at radius 3 is 2.95 bits per heavy atom. The van der Waals surface area contributed by atoms with Crippen LogP contribution < -0.4 is 5.32 Å². The van der Waals surface area contributed by atoms with E-state index in [9.17, 15) is 9.90 Å². The zero-order valence-corrected chi connectivity index (χ0v) is 12.4. The molecule has 0 unspecified atom stereocenters. The molecule has 0 spiro atoms. The topological polar surface area (TPSA) is 80.0 Å². The van der Waals surface area contributed by atoms with Crippen molar-refractivity contribution < 1.29 is 9.90 Å². The first kappa shape index (κ1) is 14.7. The second-order valence-electron chi connectivity index (χ2n) is 5.04. The summed E-state index contributed by atoms with van der Waals surface area (Å²) in [7, 11) is 0. The minimum Gasteiger partial charge on any atom is -0.384 e. The van der Waals surface area contributed by atoms with Crippen LogP contribution in [-0.2, 0) is 23.4 Å². The molecule has 0 aliphatic carbocycles. The van der Waals surface area contributed by atoms with Crippen molar-refractivity contribution in [2.24, 2.45) is 0 Å². The van der Waals surface area contributed by atoms with Crippen LogP contribution in [0.5, 0.6) is 0 Å². The number of rotatable bonds is 6. The molecule has 2 heterocycles. The molecule has 2 aromatic rings. The number of amides is 1. The summed E-state index contributed by atoms with van der Waals surface area (Å²) in [5.41, 5.74) is -0.600.